The molecule has 1 aliphatic heterocycles. The third-order valence-corrected chi connectivity index (χ3v) is 13.0. The zero-order valence-corrected chi connectivity index (χ0v) is 26.2. The summed E-state index contributed by atoms with van der Waals surface area (Å²) in [6.45, 7) is 13.2. The molecule has 0 spiro atoms. The van der Waals surface area contributed by atoms with Crippen molar-refractivity contribution in [3.05, 3.63) is 46.8 Å². The van der Waals surface area contributed by atoms with Crippen molar-refractivity contribution in [2.24, 2.45) is 0 Å². The van der Waals surface area contributed by atoms with Gasteiger partial charge in [-0.3, -0.25) is 4.79 Å². The number of rotatable bonds is 6. The smallest absolute Gasteiger partial charge is 0.274 e. The number of aromatic amines is 2. The van der Waals surface area contributed by atoms with Gasteiger partial charge in [-0.2, -0.15) is 0 Å². The van der Waals surface area contributed by atoms with E-state index < -0.39 is 8.32 Å². The van der Waals surface area contributed by atoms with Crippen LogP contribution in [-0.2, 0) is 13.0 Å². The zero-order chi connectivity index (χ0) is 29.1. The van der Waals surface area contributed by atoms with Gasteiger partial charge < -0.3 is 33.9 Å². The van der Waals surface area contributed by atoms with Crippen LogP contribution in [0.3, 0.4) is 0 Å². The maximum atomic E-state index is 14.2. The number of benzene rings is 2. The minimum absolute atomic E-state index is 0.00545. The topological polar surface area (TPSA) is 99.8 Å². The lowest BCUT2D eigenvalue weighted by Crippen LogP contribution is -2.44. The Balaban J connectivity index is 1.66. The van der Waals surface area contributed by atoms with Gasteiger partial charge in [0.1, 0.15) is 11.4 Å². The molecule has 0 radical (unpaired) electrons. The normalized spacial score (nSPS) is 15.9. The van der Waals surface area contributed by atoms with Gasteiger partial charge in [-0.25, -0.2) is 0 Å². The van der Waals surface area contributed by atoms with Crippen LogP contribution in [0, 0.1) is 6.92 Å². The summed E-state index contributed by atoms with van der Waals surface area (Å²) in [5, 5.41) is 11.4. The Bertz CT molecular complexity index is 1620. The number of alkyl halides is 1. The molecule has 8 nitrogen and oxygen atoms in total. The van der Waals surface area contributed by atoms with E-state index in [1.54, 1.807) is 17.0 Å². The van der Waals surface area contributed by atoms with Crippen LogP contribution in [0.2, 0.25) is 18.1 Å². The van der Waals surface area contributed by atoms with E-state index in [0.29, 0.717) is 41.2 Å². The molecule has 10 heteroatoms. The molecule has 3 N–H and O–H groups in total. The van der Waals surface area contributed by atoms with Crippen molar-refractivity contribution < 1.29 is 23.8 Å². The summed E-state index contributed by atoms with van der Waals surface area (Å²) in [4.78, 5) is 22.6. The molecule has 214 valence electrons. The Morgan fingerprint density at radius 1 is 1.10 bits per heavy atom. The van der Waals surface area contributed by atoms with Crippen LogP contribution in [-0.4, -0.2) is 55.4 Å². The number of hydrogen-bond acceptors (Lipinski definition) is 5. The summed E-state index contributed by atoms with van der Waals surface area (Å²) in [5.74, 6) is 1.42. The van der Waals surface area contributed by atoms with Gasteiger partial charge in [-0.05, 0) is 55.2 Å². The van der Waals surface area contributed by atoms with Gasteiger partial charge in [0, 0.05) is 34.6 Å². The third-order valence-electron chi connectivity index (χ3n) is 8.33. The van der Waals surface area contributed by atoms with Crippen LogP contribution in [0.5, 0.6) is 17.2 Å². The highest BCUT2D eigenvalue weighted by atomic mass is 35.5. The van der Waals surface area contributed by atoms with Gasteiger partial charge in [0.25, 0.3) is 14.2 Å². The predicted molar refractivity (Wildman–Crippen MR) is 163 cm³/mol. The molecule has 5 rings (SSSR count). The first-order chi connectivity index (χ1) is 18.8. The van der Waals surface area contributed by atoms with Crippen molar-refractivity contribution >= 4 is 53.3 Å². The number of amides is 1. The number of aromatic nitrogens is 2. The number of ether oxygens (including phenoxy) is 2. The molecule has 0 saturated carbocycles. The molecular weight excluding hydrogens is 546 g/mol. The Kier molecular flexibility index (Phi) is 7.13. The van der Waals surface area contributed by atoms with Crippen LogP contribution in [0.4, 0.5) is 5.69 Å². The van der Waals surface area contributed by atoms with Gasteiger partial charge in [-0.15, -0.1) is 11.6 Å². The number of aliphatic hydroxyl groups is 1. The molecule has 1 atom stereocenters. The van der Waals surface area contributed by atoms with E-state index in [2.05, 4.69) is 49.9 Å². The highest BCUT2D eigenvalue weighted by Gasteiger charge is 2.40. The molecule has 0 aliphatic carbocycles. The molecule has 1 aliphatic rings. The first-order valence-corrected chi connectivity index (χ1v) is 16.8. The lowest BCUT2D eigenvalue weighted by molar-refractivity contribution is 0.0981. The third kappa shape index (κ3) is 4.63. The molecule has 0 bridgehead atoms. The summed E-state index contributed by atoms with van der Waals surface area (Å²) < 4.78 is 17.9. The number of fused-ring (bicyclic) bond motifs is 4. The lowest BCUT2D eigenvalue weighted by Gasteiger charge is -2.38. The average Bonchev–Trinajstić information content (AvgIpc) is 3.49. The molecular formula is C30H38ClN3O5Si. The van der Waals surface area contributed by atoms with E-state index in [4.69, 9.17) is 25.5 Å². The minimum atomic E-state index is -2.18. The number of methoxy groups -OCH3 is 2. The van der Waals surface area contributed by atoms with Crippen LogP contribution < -0.4 is 18.8 Å². The van der Waals surface area contributed by atoms with Crippen LogP contribution in [0.1, 0.15) is 48.1 Å². The van der Waals surface area contributed by atoms with E-state index in [1.807, 2.05) is 13.0 Å². The highest BCUT2D eigenvalue weighted by Crippen LogP contribution is 2.45. The molecule has 2 aromatic carbocycles. The first-order valence-electron chi connectivity index (χ1n) is 13.5. The predicted octanol–water partition coefficient (Wildman–Crippen LogP) is 6.66. The summed E-state index contributed by atoms with van der Waals surface area (Å²) >= 11 is 6.79. The number of carbonyl (C=O) groups is 1. The Morgan fingerprint density at radius 2 is 1.80 bits per heavy atom. The molecule has 0 saturated heterocycles. The number of aliphatic hydroxyl groups excluding tert-OH is 1. The maximum absolute atomic E-state index is 14.2. The molecule has 3 heterocycles. The number of anilines is 1. The Hall–Kier alpha value is -3.14. The van der Waals surface area contributed by atoms with Gasteiger partial charge >= 0.3 is 0 Å². The highest BCUT2D eigenvalue weighted by molar-refractivity contribution is 6.74. The number of H-pyrrole nitrogens is 2. The number of nitrogens with zero attached hydrogens (tertiary/aromatic N) is 1. The fraction of sp³-hybridized carbons (Fsp3) is 0.433. The monoisotopic (exact) mass is 583 g/mol. The number of hydrogen-bond donors (Lipinski definition) is 3. The van der Waals surface area contributed by atoms with Crippen molar-refractivity contribution in [2.45, 2.75) is 64.2 Å². The van der Waals surface area contributed by atoms with Crippen molar-refractivity contribution in [3.63, 3.8) is 0 Å². The number of halogens is 1. The van der Waals surface area contributed by atoms with Crippen molar-refractivity contribution in [1.29, 1.82) is 0 Å². The van der Waals surface area contributed by atoms with E-state index in [9.17, 15) is 9.90 Å². The molecule has 0 fully saturated rings. The largest absolute Gasteiger partial charge is 0.542 e. The van der Waals surface area contributed by atoms with Crippen molar-refractivity contribution in [3.8, 4) is 17.2 Å². The van der Waals surface area contributed by atoms with Crippen molar-refractivity contribution in [1.82, 2.24) is 9.97 Å². The van der Waals surface area contributed by atoms with E-state index in [1.165, 1.54) is 14.2 Å². The van der Waals surface area contributed by atoms with Crippen molar-refractivity contribution in [2.75, 3.05) is 25.7 Å². The second-order valence-electron chi connectivity index (χ2n) is 12.1. The summed E-state index contributed by atoms with van der Waals surface area (Å²) in [7, 11) is 0.881. The zero-order valence-electron chi connectivity index (χ0n) is 24.4. The molecule has 40 heavy (non-hydrogen) atoms. The molecule has 4 aromatic rings. The molecule has 1 amide bonds. The second-order valence-corrected chi connectivity index (χ2v) is 17.4. The van der Waals surface area contributed by atoms with E-state index in [0.717, 1.165) is 39.0 Å². The fourth-order valence-electron chi connectivity index (χ4n) is 5.26. The quantitative estimate of drug-likeness (QED) is 0.174. The van der Waals surface area contributed by atoms with Crippen LogP contribution >= 0.6 is 11.6 Å². The van der Waals surface area contributed by atoms with Gasteiger partial charge in [0.05, 0.1) is 42.9 Å². The molecule has 2 aromatic heterocycles. The fourth-order valence-corrected chi connectivity index (χ4v) is 6.57. The summed E-state index contributed by atoms with van der Waals surface area (Å²) in [6, 6.07) is 7.70. The summed E-state index contributed by atoms with van der Waals surface area (Å²) in [5.41, 5.74) is 5.39. The van der Waals surface area contributed by atoms with Gasteiger partial charge in [0.2, 0.25) is 0 Å². The molecule has 1 unspecified atom stereocenters. The lowest BCUT2D eigenvalue weighted by atomic mass is 9.96. The summed E-state index contributed by atoms with van der Waals surface area (Å²) in [6.07, 6.45) is 0.645. The Morgan fingerprint density at radius 3 is 2.42 bits per heavy atom. The van der Waals surface area contributed by atoms with E-state index >= 15 is 0 Å². The van der Waals surface area contributed by atoms with Gasteiger partial charge in [0.15, 0.2) is 11.5 Å². The van der Waals surface area contributed by atoms with E-state index in [-0.39, 0.29) is 22.9 Å². The number of carbonyl (C=O) groups excluding carboxylic acids is 1. The minimum Gasteiger partial charge on any atom is -0.542 e. The van der Waals surface area contributed by atoms with Gasteiger partial charge in [-0.1, -0.05) is 20.8 Å². The standard InChI is InChI=1S/C30H38ClN3O5Si/c1-16-9-21-20-12-19(31)14-34(23(20)13-24(26(21)32-16)39-40(7,8)30(2,3)4)29(36)22-11-17-10-18(15-35)27(37-5)28(38-6)25(17)33-22/h9-11,13,19,32-33,35H,12,14-15H2,1-8H3. The van der Waals surface area contributed by atoms with Crippen LogP contribution in [0.25, 0.3) is 21.8 Å². The number of aryl methyl sites for hydroxylation is 1. The number of nitrogens with one attached hydrogen (secondary N) is 2. The average molecular weight is 584 g/mol. The first kappa shape index (κ1) is 28.4. The SMILES string of the molecule is COc1c(CO)cc2cc(C(=O)N3CC(Cl)Cc4c3cc(O[Si](C)(C)C(C)(C)C)c3[nH]c(C)cc43)[nH]c2c1OC. The van der Waals surface area contributed by atoms with Crippen LogP contribution in [0.15, 0.2) is 24.3 Å². The Labute approximate surface area is 240 Å². The second kappa shape index (κ2) is 10.0. The maximum Gasteiger partial charge on any atom is 0.274 e.